The molecular formula is C18H30Si2. The summed E-state index contributed by atoms with van der Waals surface area (Å²) < 4.78 is 0. The van der Waals surface area contributed by atoms with Crippen molar-refractivity contribution in [2.75, 3.05) is 0 Å². The molecule has 0 saturated carbocycles. The summed E-state index contributed by atoms with van der Waals surface area (Å²) >= 11 is 0. The average molecular weight is 303 g/mol. The highest BCUT2D eigenvalue weighted by atomic mass is 28.3. The van der Waals surface area contributed by atoms with Gasteiger partial charge in [-0.1, -0.05) is 87.1 Å². The van der Waals surface area contributed by atoms with E-state index < -0.39 is 16.1 Å². The van der Waals surface area contributed by atoms with Crippen LogP contribution in [-0.2, 0) is 12.8 Å². The molecule has 0 nitrogen and oxygen atoms in total. The molecule has 2 heteroatoms. The van der Waals surface area contributed by atoms with Gasteiger partial charge in [0.2, 0.25) is 0 Å². The summed E-state index contributed by atoms with van der Waals surface area (Å²) in [5, 5.41) is 0. The summed E-state index contributed by atoms with van der Waals surface area (Å²) in [7, 11) is -2.11. The van der Waals surface area contributed by atoms with Gasteiger partial charge in [-0.05, 0) is 24.0 Å². The van der Waals surface area contributed by atoms with Crippen LogP contribution in [0.4, 0.5) is 0 Å². The van der Waals surface area contributed by atoms with Gasteiger partial charge in [-0.3, -0.25) is 0 Å². The van der Waals surface area contributed by atoms with E-state index in [-0.39, 0.29) is 0 Å². The van der Waals surface area contributed by atoms with Crippen LogP contribution in [0.2, 0.25) is 39.3 Å². The first-order chi connectivity index (χ1) is 9.16. The zero-order chi connectivity index (χ0) is 15.2. The maximum Gasteiger partial charge on any atom is 0.0683 e. The molecule has 20 heavy (non-hydrogen) atoms. The highest BCUT2D eigenvalue weighted by Gasteiger charge is 2.07. The predicted octanol–water partition coefficient (Wildman–Crippen LogP) is 5.64. The second-order valence-corrected chi connectivity index (χ2v) is 17.9. The molecule has 0 aliphatic heterocycles. The lowest BCUT2D eigenvalue weighted by molar-refractivity contribution is 1.20. The molecule has 1 aromatic carbocycles. The number of allylic oxidation sites excluding steroid dienone is 2. The third-order valence-electron chi connectivity index (χ3n) is 2.93. The minimum absolute atomic E-state index is 1.05. The molecule has 0 aromatic heterocycles. The Kier molecular flexibility index (Phi) is 6.21. The first-order valence-electron chi connectivity index (χ1n) is 7.59. The van der Waals surface area contributed by atoms with Crippen molar-refractivity contribution in [3.05, 3.63) is 58.9 Å². The molecule has 0 unspecified atom stereocenters. The monoisotopic (exact) mass is 302 g/mol. The Balaban J connectivity index is 2.62. The topological polar surface area (TPSA) is 0 Å². The van der Waals surface area contributed by atoms with Gasteiger partial charge >= 0.3 is 0 Å². The molecule has 0 bridgehead atoms. The van der Waals surface area contributed by atoms with Crippen molar-refractivity contribution in [2.24, 2.45) is 0 Å². The molecule has 0 fully saturated rings. The van der Waals surface area contributed by atoms with E-state index in [4.69, 9.17) is 0 Å². The maximum atomic E-state index is 2.44. The lowest BCUT2D eigenvalue weighted by Gasteiger charge is -2.09. The summed E-state index contributed by atoms with van der Waals surface area (Å²) in [6.07, 6.45) is 6.83. The van der Waals surface area contributed by atoms with E-state index in [1.807, 2.05) is 0 Å². The van der Waals surface area contributed by atoms with Gasteiger partial charge in [0, 0.05) is 0 Å². The van der Waals surface area contributed by atoms with Crippen LogP contribution < -0.4 is 0 Å². The Bertz CT molecular complexity index is 430. The molecule has 1 rings (SSSR count). The highest BCUT2D eigenvalue weighted by molar-refractivity contribution is 6.81. The Labute approximate surface area is 127 Å². The van der Waals surface area contributed by atoms with Gasteiger partial charge in [0.15, 0.2) is 0 Å². The van der Waals surface area contributed by atoms with Gasteiger partial charge in [-0.25, -0.2) is 0 Å². The smallest absolute Gasteiger partial charge is 0.0683 e. The summed E-state index contributed by atoms with van der Waals surface area (Å²) in [5.41, 5.74) is 7.73. The fourth-order valence-corrected chi connectivity index (χ4v) is 3.63. The van der Waals surface area contributed by atoms with Gasteiger partial charge in [-0.15, -0.1) is 0 Å². The highest BCUT2D eigenvalue weighted by Crippen LogP contribution is 2.10. The third kappa shape index (κ3) is 8.33. The Hall–Kier alpha value is -0.866. The zero-order valence-corrected chi connectivity index (χ0v) is 16.0. The fraction of sp³-hybridized carbons (Fsp3) is 0.444. The van der Waals surface area contributed by atoms with Crippen LogP contribution in [0.3, 0.4) is 0 Å². The van der Waals surface area contributed by atoms with Crippen molar-refractivity contribution < 1.29 is 0 Å². The maximum absolute atomic E-state index is 2.44. The Morgan fingerprint density at radius 1 is 0.750 bits per heavy atom. The van der Waals surface area contributed by atoms with E-state index in [9.17, 15) is 0 Å². The molecule has 0 saturated heterocycles. The Morgan fingerprint density at radius 3 is 1.50 bits per heavy atom. The molecular weight excluding hydrogens is 272 g/mol. The van der Waals surface area contributed by atoms with Crippen LogP contribution in [0.1, 0.15) is 11.1 Å². The molecule has 0 atom stereocenters. The summed E-state index contributed by atoms with van der Waals surface area (Å²) in [4.78, 5) is 0. The van der Waals surface area contributed by atoms with Crippen LogP contribution in [0.5, 0.6) is 0 Å². The first-order valence-corrected chi connectivity index (χ1v) is 14.7. The average Bonchev–Trinajstić information content (AvgIpc) is 2.26. The van der Waals surface area contributed by atoms with Crippen molar-refractivity contribution in [1.82, 2.24) is 0 Å². The van der Waals surface area contributed by atoms with Crippen LogP contribution in [-0.4, -0.2) is 16.1 Å². The van der Waals surface area contributed by atoms with E-state index in [1.54, 1.807) is 0 Å². The molecule has 0 amide bonds. The molecule has 110 valence electrons. The molecule has 0 spiro atoms. The first kappa shape index (κ1) is 17.2. The Morgan fingerprint density at radius 2 is 1.15 bits per heavy atom. The second-order valence-electron chi connectivity index (χ2n) is 7.76. The van der Waals surface area contributed by atoms with Gasteiger partial charge in [-0.2, -0.15) is 0 Å². The van der Waals surface area contributed by atoms with E-state index in [2.05, 4.69) is 87.1 Å². The molecule has 0 radical (unpaired) electrons. The van der Waals surface area contributed by atoms with Crippen LogP contribution >= 0.6 is 0 Å². The van der Waals surface area contributed by atoms with Crippen LogP contribution in [0.25, 0.3) is 0 Å². The number of rotatable bonds is 6. The summed E-state index contributed by atoms with van der Waals surface area (Å²) in [6.45, 7) is 14.3. The van der Waals surface area contributed by atoms with Crippen molar-refractivity contribution >= 4 is 16.1 Å². The third-order valence-corrected chi connectivity index (χ3v) is 5.41. The minimum Gasteiger partial charge on any atom is -0.0986 e. The molecule has 0 aliphatic rings. The van der Waals surface area contributed by atoms with Gasteiger partial charge in [0.25, 0.3) is 0 Å². The largest absolute Gasteiger partial charge is 0.0986 e. The predicted molar refractivity (Wildman–Crippen MR) is 98.8 cm³/mol. The van der Waals surface area contributed by atoms with E-state index >= 15 is 0 Å². The normalized spacial score (nSPS) is 13.5. The molecule has 0 N–H and O–H groups in total. The van der Waals surface area contributed by atoms with Crippen molar-refractivity contribution in [2.45, 2.75) is 52.1 Å². The molecule has 0 heterocycles. The van der Waals surface area contributed by atoms with Crippen molar-refractivity contribution in [1.29, 1.82) is 0 Å². The van der Waals surface area contributed by atoms with E-state index in [0.29, 0.717) is 0 Å². The standard InChI is InChI=1S/C18H30Si2/c1-19(2,3)14-8-12-17-10-7-11-18(16-17)13-9-15-20(4,5)6/h7-11,14-16H,12-13H2,1-6H3/b14-8+,15-9+. The number of hydrogen-bond acceptors (Lipinski definition) is 0. The van der Waals surface area contributed by atoms with Crippen molar-refractivity contribution in [3.8, 4) is 0 Å². The van der Waals surface area contributed by atoms with Gasteiger partial charge in [0.1, 0.15) is 0 Å². The van der Waals surface area contributed by atoms with Gasteiger partial charge < -0.3 is 0 Å². The lowest BCUT2D eigenvalue weighted by atomic mass is 10.1. The van der Waals surface area contributed by atoms with E-state index in [0.717, 1.165) is 12.8 Å². The lowest BCUT2D eigenvalue weighted by Crippen LogP contribution is -2.15. The number of hydrogen-bond donors (Lipinski definition) is 0. The second kappa shape index (κ2) is 7.23. The SMILES string of the molecule is C[Si](C)(C)/C=C/Cc1cccc(C/C=C/[Si](C)(C)C)c1. The zero-order valence-electron chi connectivity index (χ0n) is 14.0. The summed E-state index contributed by atoms with van der Waals surface area (Å²) in [5.74, 6) is 0. The molecule has 1 aromatic rings. The minimum atomic E-state index is -1.05. The van der Waals surface area contributed by atoms with Crippen LogP contribution in [0.15, 0.2) is 47.8 Å². The van der Waals surface area contributed by atoms with Crippen molar-refractivity contribution in [3.63, 3.8) is 0 Å². The van der Waals surface area contributed by atoms with E-state index in [1.165, 1.54) is 11.1 Å². The fourth-order valence-electron chi connectivity index (χ4n) is 1.98. The summed E-state index contributed by atoms with van der Waals surface area (Å²) in [6, 6.07) is 9.01. The van der Waals surface area contributed by atoms with Crippen LogP contribution in [0, 0.1) is 0 Å². The number of benzene rings is 1. The quantitative estimate of drug-likeness (QED) is 0.597. The van der Waals surface area contributed by atoms with Gasteiger partial charge in [0.05, 0.1) is 16.1 Å². The molecule has 0 aliphatic carbocycles.